The van der Waals surface area contributed by atoms with Gasteiger partial charge >= 0.3 is 0 Å². The molecule has 1 aromatic rings. The van der Waals surface area contributed by atoms with Crippen LogP contribution in [-0.4, -0.2) is 64.9 Å². The molecular weight excluding hydrogens is 453 g/mol. The first-order chi connectivity index (χ1) is 12.7. The van der Waals surface area contributed by atoms with Gasteiger partial charge in [-0.05, 0) is 31.8 Å². The van der Waals surface area contributed by atoms with Gasteiger partial charge in [-0.15, -0.1) is 34.2 Å². The number of aliphatic imine (C=N–C) groups is 1. The molecule has 1 aromatic heterocycles. The third-order valence-corrected chi connectivity index (χ3v) is 5.56. The van der Waals surface area contributed by atoms with Crippen LogP contribution in [0.5, 0.6) is 0 Å². The van der Waals surface area contributed by atoms with Gasteiger partial charge in [-0.2, -0.15) is 0 Å². The quantitative estimate of drug-likeness (QED) is 0.299. The van der Waals surface area contributed by atoms with Crippen molar-refractivity contribution in [2.45, 2.75) is 65.5 Å². The number of guanidine groups is 1. The molecule has 0 radical (unpaired) electrons. The lowest BCUT2D eigenvalue weighted by Crippen LogP contribution is -2.49. The summed E-state index contributed by atoms with van der Waals surface area (Å²) in [4.78, 5) is 7.06. The van der Waals surface area contributed by atoms with E-state index in [0.29, 0.717) is 6.04 Å². The van der Waals surface area contributed by atoms with E-state index in [4.69, 9.17) is 0 Å². The van der Waals surface area contributed by atoms with Crippen LogP contribution in [0.3, 0.4) is 0 Å². The van der Waals surface area contributed by atoms with Crippen molar-refractivity contribution in [3.63, 3.8) is 0 Å². The first-order valence-corrected chi connectivity index (χ1v) is 10.3. The second kappa shape index (κ2) is 13.3. The maximum atomic E-state index is 4.39. The van der Waals surface area contributed by atoms with E-state index in [-0.39, 0.29) is 24.0 Å². The van der Waals surface area contributed by atoms with Gasteiger partial charge in [0.1, 0.15) is 12.2 Å². The second-order valence-electron chi connectivity index (χ2n) is 7.06. The van der Waals surface area contributed by atoms with Crippen molar-refractivity contribution in [1.82, 2.24) is 30.3 Å². The normalized spacial score (nSPS) is 16.4. The first kappa shape index (κ1) is 24.1. The van der Waals surface area contributed by atoms with Crippen molar-refractivity contribution in [3.05, 3.63) is 12.2 Å². The molecule has 2 N–H and O–H groups in total. The molecule has 1 atom stereocenters. The van der Waals surface area contributed by atoms with Crippen molar-refractivity contribution >= 4 is 29.9 Å². The van der Waals surface area contributed by atoms with E-state index in [0.717, 1.165) is 43.8 Å². The summed E-state index contributed by atoms with van der Waals surface area (Å²) in [6.07, 6.45) is 7.84. The Morgan fingerprint density at radius 1 is 1.19 bits per heavy atom. The summed E-state index contributed by atoms with van der Waals surface area (Å²) in [6.45, 7) is 11.8. The van der Waals surface area contributed by atoms with E-state index >= 15 is 0 Å². The number of nitrogens with zero attached hydrogens (tertiary/aromatic N) is 5. The van der Waals surface area contributed by atoms with Crippen molar-refractivity contribution in [2.75, 3.05) is 33.2 Å². The third-order valence-electron chi connectivity index (χ3n) is 5.56. The Bertz CT molecular complexity index is 534. The van der Waals surface area contributed by atoms with Crippen LogP contribution in [0.4, 0.5) is 0 Å². The average Bonchev–Trinajstić information content (AvgIpc) is 3.35. The van der Waals surface area contributed by atoms with Crippen molar-refractivity contribution in [3.8, 4) is 0 Å². The van der Waals surface area contributed by atoms with Crippen LogP contribution in [0.2, 0.25) is 0 Å². The summed E-state index contributed by atoms with van der Waals surface area (Å²) in [5.74, 6) is 2.65. The van der Waals surface area contributed by atoms with Crippen LogP contribution in [-0.2, 0) is 13.0 Å². The summed E-state index contributed by atoms with van der Waals surface area (Å²) in [5.41, 5.74) is 0. The van der Waals surface area contributed by atoms with Gasteiger partial charge < -0.3 is 15.2 Å². The van der Waals surface area contributed by atoms with Crippen LogP contribution >= 0.6 is 24.0 Å². The molecule has 0 amide bonds. The fourth-order valence-electron chi connectivity index (χ4n) is 3.96. The molecule has 8 heteroatoms. The number of likely N-dealkylation sites (tertiary alicyclic amines) is 1. The molecule has 1 aliphatic rings. The van der Waals surface area contributed by atoms with Gasteiger partial charge in [0, 0.05) is 39.1 Å². The van der Waals surface area contributed by atoms with Crippen LogP contribution < -0.4 is 10.6 Å². The number of rotatable bonds is 10. The molecule has 1 unspecified atom stereocenters. The monoisotopic (exact) mass is 491 g/mol. The molecule has 0 bridgehead atoms. The van der Waals surface area contributed by atoms with Gasteiger partial charge in [-0.25, -0.2) is 0 Å². The molecular formula is C19H38IN7. The Morgan fingerprint density at radius 2 is 1.89 bits per heavy atom. The smallest absolute Gasteiger partial charge is 0.191 e. The molecule has 7 nitrogen and oxygen atoms in total. The van der Waals surface area contributed by atoms with Gasteiger partial charge in [-0.1, -0.05) is 33.6 Å². The maximum absolute atomic E-state index is 4.39. The molecule has 1 fully saturated rings. The van der Waals surface area contributed by atoms with Crippen molar-refractivity contribution < 1.29 is 0 Å². The van der Waals surface area contributed by atoms with E-state index < -0.39 is 0 Å². The number of hydrogen-bond donors (Lipinski definition) is 2. The minimum absolute atomic E-state index is 0. The second-order valence-corrected chi connectivity index (χ2v) is 7.06. The molecule has 1 aliphatic heterocycles. The molecule has 1 saturated heterocycles. The minimum atomic E-state index is 0. The van der Waals surface area contributed by atoms with E-state index in [2.05, 4.69) is 56.1 Å². The van der Waals surface area contributed by atoms with Crippen LogP contribution in [0, 0.1) is 5.92 Å². The fraction of sp³-hybridized carbons (Fsp3) is 0.842. The molecule has 2 rings (SSSR count). The zero-order valence-corrected chi connectivity index (χ0v) is 19.8. The SMILES string of the molecule is CCc1nncn1CCNC(=NC)NCC(C(CC)CC)N1CCCC1.I. The summed E-state index contributed by atoms with van der Waals surface area (Å²) < 4.78 is 2.09. The van der Waals surface area contributed by atoms with Crippen molar-refractivity contribution in [2.24, 2.45) is 10.9 Å². The number of aryl methyl sites for hydroxylation is 1. The van der Waals surface area contributed by atoms with Crippen LogP contribution in [0.25, 0.3) is 0 Å². The standard InChI is InChI=1S/C19H37N7.HI/c1-5-16(6-2)17(25-11-8-9-12-25)14-22-19(20-4)21-10-13-26-15-23-24-18(26)7-3;/h15-17H,5-14H2,1-4H3,(H2,20,21,22);1H. The predicted molar refractivity (Wildman–Crippen MR) is 123 cm³/mol. The van der Waals surface area contributed by atoms with E-state index in [1.165, 1.54) is 38.8 Å². The first-order valence-electron chi connectivity index (χ1n) is 10.3. The molecule has 0 spiro atoms. The highest BCUT2D eigenvalue weighted by Crippen LogP contribution is 2.22. The minimum Gasteiger partial charge on any atom is -0.355 e. The number of aromatic nitrogens is 3. The van der Waals surface area contributed by atoms with E-state index in [1.807, 2.05) is 7.05 Å². The van der Waals surface area contributed by atoms with Crippen LogP contribution in [0.1, 0.15) is 52.3 Å². The lowest BCUT2D eigenvalue weighted by atomic mass is 9.93. The van der Waals surface area contributed by atoms with E-state index in [1.54, 1.807) is 6.33 Å². The van der Waals surface area contributed by atoms with Gasteiger partial charge in [-0.3, -0.25) is 9.89 Å². The average molecular weight is 491 g/mol. The Balaban J connectivity index is 0.00000364. The van der Waals surface area contributed by atoms with Gasteiger partial charge in [0.05, 0.1) is 0 Å². The molecule has 0 saturated carbocycles. The predicted octanol–water partition coefficient (Wildman–Crippen LogP) is 2.52. The van der Waals surface area contributed by atoms with Gasteiger partial charge in [0.25, 0.3) is 0 Å². The van der Waals surface area contributed by atoms with Gasteiger partial charge in [0.15, 0.2) is 5.96 Å². The highest BCUT2D eigenvalue weighted by molar-refractivity contribution is 14.0. The zero-order chi connectivity index (χ0) is 18.8. The lowest BCUT2D eigenvalue weighted by molar-refractivity contribution is 0.166. The molecule has 27 heavy (non-hydrogen) atoms. The van der Waals surface area contributed by atoms with Gasteiger partial charge in [0.2, 0.25) is 0 Å². The highest BCUT2D eigenvalue weighted by Gasteiger charge is 2.27. The van der Waals surface area contributed by atoms with E-state index in [9.17, 15) is 0 Å². The third kappa shape index (κ3) is 7.21. The summed E-state index contributed by atoms with van der Waals surface area (Å²) in [5, 5.41) is 15.1. The number of hydrogen-bond acceptors (Lipinski definition) is 4. The fourth-order valence-corrected chi connectivity index (χ4v) is 3.96. The molecule has 156 valence electrons. The Labute approximate surface area is 181 Å². The number of nitrogens with one attached hydrogen (secondary N) is 2. The molecule has 2 heterocycles. The molecule has 0 aromatic carbocycles. The maximum Gasteiger partial charge on any atom is 0.191 e. The zero-order valence-electron chi connectivity index (χ0n) is 17.4. The summed E-state index contributed by atoms with van der Waals surface area (Å²) >= 11 is 0. The highest BCUT2D eigenvalue weighted by atomic mass is 127. The Kier molecular flexibility index (Phi) is 11.9. The topological polar surface area (TPSA) is 70.4 Å². The van der Waals surface area contributed by atoms with Crippen LogP contribution in [0.15, 0.2) is 11.3 Å². The Morgan fingerprint density at radius 3 is 2.48 bits per heavy atom. The number of halogens is 1. The van der Waals surface area contributed by atoms with Crippen molar-refractivity contribution in [1.29, 1.82) is 0 Å². The lowest BCUT2D eigenvalue weighted by Gasteiger charge is -2.34. The summed E-state index contributed by atoms with van der Waals surface area (Å²) in [6, 6.07) is 0.593. The Hall–Kier alpha value is -0.900. The largest absolute Gasteiger partial charge is 0.355 e. The summed E-state index contributed by atoms with van der Waals surface area (Å²) in [7, 11) is 1.84. The molecule has 0 aliphatic carbocycles.